The summed E-state index contributed by atoms with van der Waals surface area (Å²) < 4.78 is 12.8. The van der Waals surface area contributed by atoms with Crippen molar-refractivity contribution in [2.45, 2.75) is 234 Å². The molecule has 2 saturated carbocycles. The minimum Gasteiger partial charge on any atom is -0.371 e. The summed E-state index contributed by atoms with van der Waals surface area (Å²) in [6.07, 6.45) is 10.9. The molecule has 2 aliphatic rings. The Bertz CT molecular complexity index is 642. The second kappa shape index (κ2) is 13.6. The van der Waals surface area contributed by atoms with Gasteiger partial charge in [-0.1, -0.05) is 25.7 Å². The van der Waals surface area contributed by atoms with E-state index in [9.17, 15) is 0 Å². The van der Waals surface area contributed by atoms with Crippen LogP contribution in [-0.4, -0.2) is 67.4 Å². The highest BCUT2D eigenvalue weighted by atomic mass is 16.5. The highest BCUT2D eigenvalue weighted by Gasteiger charge is 2.44. The van der Waals surface area contributed by atoms with E-state index in [0.29, 0.717) is 24.3 Å². The molecule has 0 aliphatic heterocycles. The number of nitrogens with zero attached hydrogens (tertiary/aromatic N) is 2. The van der Waals surface area contributed by atoms with Gasteiger partial charge in [-0.05, 0) is 150 Å². The monoisotopic (exact) mass is 567 g/mol. The average Bonchev–Trinajstić information content (AvgIpc) is 2.65. The second-order valence-electron chi connectivity index (χ2n) is 18.7. The van der Waals surface area contributed by atoms with Crippen LogP contribution in [0.15, 0.2) is 0 Å². The summed E-state index contributed by atoms with van der Waals surface area (Å²) in [4.78, 5) is 5.38. The first-order valence-electron chi connectivity index (χ1n) is 16.6. The van der Waals surface area contributed by atoms with Gasteiger partial charge in [-0.3, -0.25) is 9.80 Å². The van der Waals surface area contributed by atoms with Crippen LogP contribution in [0.4, 0.5) is 0 Å². The van der Waals surface area contributed by atoms with Crippen LogP contribution in [0.3, 0.4) is 0 Å². The van der Waals surface area contributed by atoms with Gasteiger partial charge in [-0.15, -0.1) is 0 Å². The van der Waals surface area contributed by atoms with E-state index >= 15 is 0 Å². The van der Waals surface area contributed by atoms with Gasteiger partial charge in [0, 0.05) is 34.2 Å². The molecule has 0 bridgehead atoms. The Morgan fingerprint density at radius 3 is 0.800 bits per heavy atom. The lowest BCUT2D eigenvalue weighted by Gasteiger charge is -2.54. The zero-order valence-electron chi connectivity index (χ0n) is 30.7. The van der Waals surface area contributed by atoms with Gasteiger partial charge in [0.15, 0.2) is 0 Å². The molecule has 4 nitrogen and oxygen atoms in total. The zero-order chi connectivity index (χ0) is 31.5. The van der Waals surface area contributed by atoms with Crippen molar-refractivity contribution in [2.75, 3.05) is 0 Å². The number of hydrogen-bond donors (Lipinski definition) is 0. The molecule has 2 rings (SSSR count). The van der Waals surface area contributed by atoms with Gasteiger partial charge in [0.05, 0.1) is 23.4 Å². The van der Waals surface area contributed by atoms with Crippen LogP contribution in [-0.2, 0) is 9.47 Å². The predicted octanol–water partition coefficient (Wildman–Crippen LogP) is 10.0. The summed E-state index contributed by atoms with van der Waals surface area (Å²) in [5.74, 6) is 0. The molecule has 0 unspecified atom stereocenters. The zero-order valence-corrected chi connectivity index (χ0v) is 30.7. The molecule has 0 saturated heterocycles. The normalized spacial score (nSPS) is 26.1. The van der Waals surface area contributed by atoms with Gasteiger partial charge in [-0.2, -0.15) is 0 Å². The molecule has 4 heteroatoms. The van der Waals surface area contributed by atoms with Crippen LogP contribution >= 0.6 is 0 Å². The van der Waals surface area contributed by atoms with E-state index in [4.69, 9.17) is 9.47 Å². The van der Waals surface area contributed by atoms with E-state index in [-0.39, 0.29) is 33.4 Å². The molecule has 0 spiro atoms. The highest BCUT2D eigenvalue weighted by molar-refractivity contribution is 4.98. The van der Waals surface area contributed by atoms with Gasteiger partial charge in [0.25, 0.3) is 0 Å². The predicted molar refractivity (Wildman–Crippen MR) is 176 cm³/mol. The van der Waals surface area contributed by atoms with E-state index in [1.807, 2.05) is 0 Å². The molecule has 0 aromatic carbocycles. The van der Waals surface area contributed by atoms with Crippen LogP contribution in [0.25, 0.3) is 0 Å². The highest BCUT2D eigenvalue weighted by Crippen LogP contribution is 2.38. The van der Waals surface area contributed by atoms with E-state index in [0.717, 1.165) is 0 Å². The molecule has 2 aliphatic carbocycles. The smallest absolute Gasteiger partial charge is 0.0737 e. The Morgan fingerprint density at radius 1 is 0.375 bits per heavy atom. The minimum absolute atomic E-state index is 0.0539. The molecule has 0 aromatic rings. The first-order chi connectivity index (χ1) is 17.6. The Balaban J connectivity index is 0.000000400. The standard InChI is InChI=1S/2C18H37NO/c2*1-16(2,3)19(17(4,5)6)14-12-10-11-13-15(14)20-18(7,8)9/h2*14-15H,10-13H2,1-9H3/t14-,15+;14-,15-/m10/s1. The van der Waals surface area contributed by atoms with Gasteiger partial charge >= 0.3 is 0 Å². The quantitative estimate of drug-likeness (QED) is 0.338. The lowest BCUT2D eigenvalue weighted by atomic mass is 9.84. The molecular weight excluding hydrogens is 492 g/mol. The van der Waals surface area contributed by atoms with Crippen molar-refractivity contribution >= 4 is 0 Å². The maximum atomic E-state index is 6.42. The Labute approximate surface area is 252 Å². The van der Waals surface area contributed by atoms with Crippen molar-refractivity contribution < 1.29 is 9.47 Å². The molecule has 0 N–H and O–H groups in total. The number of ether oxygens (including phenoxy) is 2. The van der Waals surface area contributed by atoms with E-state index < -0.39 is 0 Å². The second-order valence-corrected chi connectivity index (χ2v) is 18.7. The minimum atomic E-state index is -0.0539. The summed E-state index contributed by atoms with van der Waals surface area (Å²) in [6, 6.07) is 1.06. The van der Waals surface area contributed by atoms with Crippen molar-refractivity contribution in [1.82, 2.24) is 9.80 Å². The summed E-state index contributed by atoms with van der Waals surface area (Å²) in [5.41, 5.74) is 0.558. The van der Waals surface area contributed by atoms with Gasteiger partial charge in [0.1, 0.15) is 0 Å². The molecule has 0 heterocycles. The molecule has 0 aromatic heterocycles. The summed E-state index contributed by atoms with van der Waals surface area (Å²) in [6.45, 7) is 41.1. The van der Waals surface area contributed by atoms with Crippen LogP contribution < -0.4 is 0 Å². The van der Waals surface area contributed by atoms with E-state index in [1.165, 1.54) is 51.4 Å². The maximum absolute atomic E-state index is 6.42. The Kier molecular flexibility index (Phi) is 12.9. The fraction of sp³-hybridized carbons (Fsp3) is 1.00. The van der Waals surface area contributed by atoms with E-state index in [2.05, 4.69) is 134 Å². The lowest BCUT2D eigenvalue weighted by Crippen LogP contribution is -2.62. The third-order valence-electron chi connectivity index (χ3n) is 7.90. The Morgan fingerprint density at radius 2 is 0.600 bits per heavy atom. The van der Waals surface area contributed by atoms with Crippen molar-refractivity contribution in [3.05, 3.63) is 0 Å². The summed E-state index contributed by atoms with van der Waals surface area (Å²) in [5, 5.41) is 0. The fourth-order valence-corrected chi connectivity index (χ4v) is 7.93. The van der Waals surface area contributed by atoms with Crippen molar-refractivity contribution in [3.8, 4) is 0 Å². The molecule has 240 valence electrons. The van der Waals surface area contributed by atoms with Gasteiger partial charge in [-0.25, -0.2) is 0 Å². The van der Waals surface area contributed by atoms with Crippen LogP contribution in [0.1, 0.15) is 176 Å². The molecular formula is C36H74N2O2. The maximum Gasteiger partial charge on any atom is 0.0737 e. The van der Waals surface area contributed by atoms with Crippen LogP contribution in [0.2, 0.25) is 0 Å². The van der Waals surface area contributed by atoms with Crippen molar-refractivity contribution in [2.24, 2.45) is 0 Å². The van der Waals surface area contributed by atoms with Crippen LogP contribution in [0, 0.1) is 0 Å². The number of hydrogen-bond acceptors (Lipinski definition) is 4. The van der Waals surface area contributed by atoms with Gasteiger partial charge in [0.2, 0.25) is 0 Å². The summed E-state index contributed by atoms with van der Waals surface area (Å²) in [7, 11) is 0. The van der Waals surface area contributed by atoms with Crippen molar-refractivity contribution in [3.63, 3.8) is 0 Å². The molecule has 0 radical (unpaired) electrons. The third kappa shape index (κ3) is 12.6. The first-order valence-corrected chi connectivity index (χ1v) is 16.6. The number of rotatable bonds is 4. The third-order valence-corrected chi connectivity index (χ3v) is 7.90. The molecule has 4 atom stereocenters. The van der Waals surface area contributed by atoms with Crippen molar-refractivity contribution in [1.29, 1.82) is 0 Å². The first kappa shape index (κ1) is 37.9. The van der Waals surface area contributed by atoms with Crippen LogP contribution in [0.5, 0.6) is 0 Å². The molecule has 2 fully saturated rings. The van der Waals surface area contributed by atoms with E-state index in [1.54, 1.807) is 0 Å². The SMILES string of the molecule is CC(C)(C)O[C@H]1CCCC[C@@H]1N(C(C)(C)C)C(C)(C)C.CC(C)(C)O[C@H]1CCCC[C@H]1N(C(C)(C)C)C(C)(C)C. The molecule has 0 amide bonds. The largest absolute Gasteiger partial charge is 0.371 e. The average molecular weight is 567 g/mol. The molecule has 40 heavy (non-hydrogen) atoms. The van der Waals surface area contributed by atoms with Gasteiger partial charge < -0.3 is 9.47 Å². The Hall–Kier alpha value is -0.160. The lowest BCUT2D eigenvalue weighted by molar-refractivity contribution is -0.141. The summed E-state index contributed by atoms with van der Waals surface area (Å²) >= 11 is 0. The fourth-order valence-electron chi connectivity index (χ4n) is 7.93. The topological polar surface area (TPSA) is 24.9 Å².